The molecule has 0 bridgehead atoms. The number of fused-ring (bicyclic) bond motifs is 2. The Hall–Kier alpha value is -4.93. The van der Waals surface area contributed by atoms with Crippen LogP contribution in [-0.2, 0) is 31.5 Å². The lowest BCUT2D eigenvalue weighted by molar-refractivity contribution is -0.137. The minimum atomic E-state index is -0.970. The zero-order chi connectivity index (χ0) is 26.1. The Labute approximate surface area is 211 Å². The van der Waals surface area contributed by atoms with Crippen LogP contribution in [0.3, 0.4) is 0 Å². The van der Waals surface area contributed by atoms with Crippen LogP contribution in [0.1, 0.15) is 23.4 Å². The monoisotopic (exact) mass is 498 g/mol. The van der Waals surface area contributed by atoms with Gasteiger partial charge in [-0.15, -0.1) is 0 Å². The second-order valence-electron chi connectivity index (χ2n) is 8.76. The third kappa shape index (κ3) is 4.66. The molecule has 0 aliphatic carbocycles. The average molecular weight is 499 g/mol. The van der Waals surface area contributed by atoms with Gasteiger partial charge in [0.05, 0.1) is 36.1 Å². The number of nitrogens with two attached hydrogens (primary N) is 1. The quantitative estimate of drug-likeness (QED) is 0.180. The number of carboxylic acid groups (broad SMARTS) is 1. The number of nitrogens with one attached hydrogen (secondary N) is 2. The molecular formula is C26H26N8O3. The fraction of sp³-hybridized carbons (Fsp3) is 0.192. The van der Waals surface area contributed by atoms with E-state index in [1.807, 2.05) is 48.0 Å². The molecule has 5 aromatic rings. The van der Waals surface area contributed by atoms with Gasteiger partial charge in [0.15, 0.2) is 5.65 Å². The van der Waals surface area contributed by atoms with E-state index >= 15 is 0 Å². The summed E-state index contributed by atoms with van der Waals surface area (Å²) >= 11 is 0. The summed E-state index contributed by atoms with van der Waals surface area (Å²) in [5, 5.41) is 19.9. The molecule has 188 valence electrons. The molecule has 0 radical (unpaired) electrons. The Morgan fingerprint density at radius 2 is 1.89 bits per heavy atom. The second-order valence-corrected chi connectivity index (χ2v) is 8.76. The maximum absolute atomic E-state index is 13.2. The Morgan fingerprint density at radius 3 is 2.62 bits per heavy atom. The van der Waals surface area contributed by atoms with E-state index in [9.17, 15) is 9.59 Å². The minimum absolute atomic E-state index is 0.0288. The van der Waals surface area contributed by atoms with Crippen molar-refractivity contribution in [2.24, 2.45) is 12.8 Å². The van der Waals surface area contributed by atoms with E-state index in [0.717, 1.165) is 28.1 Å². The first-order chi connectivity index (χ1) is 17.8. The number of hydrogen-bond acceptors (Lipinski definition) is 6. The number of aromatic nitrogens is 5. The van der Waals surface area contributed by atoms with Crippen LogP contribution < -0.4 is 16.7 Å². The van der Waals surface area contributed by atoms with Crippen LogP contribution in [0.15, 0.2) is 65.6 Å². The minimum Gasteiger partial charge on any atom is -0.481 e. The van der Waals surface area contributed by atoms with Crippen LogP contribution in [0.4, 0.5) is 5.69 Å². The lowest BCUT2D eigenvalue weighted by Crippen LogP contribution is -2.25. The molecule has 0 atom stereocenters. The van der Waals surface area contributed by atoms with E-state index in [1.54, 1.807) is 29.0 Å². The van der Waals surface area contributed by atoms with Crippen LogP contribution in [-0.4, -0.2) is 40.6 Å². The molecule has 3 heterocycles. The molecule has 0 aliphatic rings. The molecule has 0 spiro atoms. The number of rotatable bonds is 9. The van der Waals surface area contributed by atoms with Crippen LogP contribution in [0.25, 0.3) is 22.2 Å². The largest absolute Gasteiger partial charge is 0.481 e. The molecule has 0 fully saturated rings. The first-order valence-corrected chi connectivity index (χ1v) is 11.7. The third-order valence-electron chi connectivity index (χ3n) is 6.35. The summed E-state index contributed by atoms with van der Waals surface area (Å²) in [5.74, 6) is -0.0989. The molecule has 11 heteroatoms. The number of carboxylic acids is 1. The molecule has 5 N–H and O–H groups in total. The Bertz CT molecular complexity index is 1700. The standard InChI is InChI=1S/C26H26N8O3/c1-32-20-9-4-16(13-19(20)31-22(32)14-30-18-7-5-17(6-8-18)24(27)28)15-34-21-3-2-11-29-25(21)33(26(34)37)12-10-23(35)36/h2-9,11,13,30H,10,12,14-15H2,1H3,(H3,27,28)(H,35,36). The molecule has 0 saturated heterocycles. The summed E-state index contributed by atoms with van der Waals surface area (Å²) in [6.07, 6.45) is 1.43. The van der Waals surface area contributed by atoms with Gasteiger partial charge in [0.2, 0.25) is 0 Å². The Morgan fingerprint density at radius 1 is 1.11 bits per heavy atom. The molecule has 2 aromatic carbocycles. The molecule has 0 saturated carbocycles. The molecule has 37 heavy (non-hydrogen) atoms. The lowest BCUT2D eigenvalue weighted by Gasteiger charge is -2.07. The third-order valence-corrected chi connectivity index (χ3v) is 6.35. The highest BCUT2D eigenvalue weighted by Crippen LogP contribution is 2.20. The number of amidine groups is 1. The van der Waals surface area contributed by atoms with E-state index < -0.39 is 5.97 Å². The van der Waals surface area contributed by atoms with Gasteiger partial charge < -0.3 is 20.7 Å². The van der Waals surface area contributed by atoms with E-state index in [0.29, 0.717) is 29.8 Å². The van der Waals surface area contributed by atoms with Crippen molar-refractivity contribution in [3.05, 3.63) is 88.2 Å². The smallest absolute Gasteiger partial charge is 0.330 e. The van der Waals surface area contributed by atoms with Crippen LogP contribution in [0.5, 0.6) is 0 Å². The number of carbonyl (C=O) groups is 1. The van der Waals surface area contributed by atoms with E-state index in [1.165, 1.54) is 4.57 Å². The zero-order valence-electron chi connectivity index (χ0n) is 20.2. The van der Waals surface area contributed by atoms with Gasteiger partial charge in [-0.25, -0.2) is 14.8 Å². The van der Waals surface area contributed by atoms with Crippen molar-refractivity contribution in [1.82, 2.24) is 23.7 Å². The summed E-state index contributed by atoms with van der Waals surface area (Å²) in [6, 6.07) is 16.8. The SMILES string of the molecule is Cn1c(CNc2ccc(C(=N)N)cc2)nc2cc(Cn3c(=O)n(CCC(=O)O)c4ncccc43)ccc21. The number of pyridine rings is 1. The van der Waals surface area contributed by atoms with Crippen LogP contribution in [0, 0.1) is 5.41 Å². The van der Waals surface area contributed by atoms with Crippen molar-refractivity contribution in [3.63, 3.8) is 0 Å². The van der Waals surface area contributed by atoms with Gasteiger partial charge in [-0.05, 0) is 54.1 Å². The molecule has 0 aliphatic heterocycles. The van der Waals surface area contributed by atoms with E-state index in [2.05, 4.69) is 10.3 Å². The summed E-state index contributed by atoms with van der Waals surface area (Å²) in [7, 11) is 1.96. The number of aryl methyl sites for hydroxylation is 2. The number of aliphatic carboxylic acids is 1. The number of anilines is 1. The lowest BCUT2D eigenvalue weighted by atomic mass is 10.2. The Balaban J connectivity index is 1.40. The molecule has 0 amide bonds. The summed E-state index contributed by atoms with van der Waals surface area (Å²) in [6.45, 7) is 0.869. The van der Waals surface area contributed by atoms with E-state index in [-0.39, 0.29) is 24.5 Å². The fourth-order valence-corrected chi connectivity index (χ4v) is 4.39. The van der Waals surface area contributed by atoms with Gasteiger partial charge in [0, 0.05) is 31.0 Å². The maximum atomic E-state index is 13.2. The van der Waals surface area contributed by atoms with Crippen molar-refractivity contribution >= 4 is 39.7 Å². The molecule has 3 aromatic heterocycles. The van der Waals surface area contributed by atoms with Crippen LogP contribution in [0.2, 0.25) is 0 Å². The van der Waals surface area contributed by atoms with Crippen molar-refractivity contribution in [2.75, 3.05) is 5.32 Å². The van der Waals surface area contributed by atoms with Crippen molar-refractivity contribution in [2.45, 2.75) is 26.1 Å². The van der Waals surface area contributed by atoms with Crippen molar-refractivity contribution in [1.29, 1.82) is 5.41 Å². The van der Waals surface area contributed by atoms with Crippen LogP contribution >= 0.6 is 0 Å². The summed E-state index contributed by atoms with van der Waals surface area (Å²) in [5.41, 5.74) is 10.6. The van der Waals surface area contributed by atoms with E-state index in [4.69, 9.17) is 21.2 Å². The van der Waals surface area contributed by atoms with Crippen molar-refractivity contribution in [3.8, 4) is 0 Å². The number of nitrogen functional groups attached to an aromatic ring is 1. The van der Waals surface area contributed by atoms with Gasteiger partial charge in [0.25, 0.3) is 0 Å². The molecule has 5 rings (SSSR count). The first-order valence-electron chi connectivity index (χ1n) is 11.7. The van der Waals surface area contributed by atoms with Gasteiger partial charge in [-0.2, -0.15) is 0 Å². The fourth-order valence-electron chi connectivity index (χ4n) is 4.39. The number of nitrogens with zero attached hydrogens (tertiary/aromatic N) is 5. The summed E-state index contributed by atoms with van der Waals surface area (Å²) < 4.78 is 5.04. The van der Waals surface area contributed by atoms with Crippen molar-refractivity contribution < 1.29 is 9.90 Å². The number of hydrogen-bond donors (Lipinski definition) is 4. The highest BCUT2D eigenvalue weighted by atomic mass is 16.4. The highest BCUT2D eigenvalue weighted by Gasteiger charge is 2.16. The van der Waals surface area contributed by atoms with Gasteiger partial charge in [0.1, 0.15) is 11.7 Å². The highest BCUT2D eigenvalue weighted by molar-refractivity contribution is 5.95. The van der Waals surface area contributed by atoms with Gasteiger partial charge in [-0.3, -0.25) is 19.3 Å². The predicted molar refractivity (Wildman–Crippen MR) is 141 cm³/mol. The van der Waals surface area contributed by atoms with Gasteiger partial charge >= 0.3 is 11.7 Å². The molecule has 11 nitrogen and oxygen atoms in total. The maximum Gasteiger partial charge on any atom is 0.330 e. The molecule has 0 unspecified atom stereocenters. The average Bonchev–Trinajstić information content (AvgIpc) is 3.34. The number of benzene rings is 2. The Kier molecular flexibility index (Phi) is 6.18. The molecular weight excluding hydrogens is 472 g/mol. The number of imidazole rings is 2. The summed E-state index contributed by atoms with van der Waals surface area (Å²) in [4.78, 5) is 33.3. The first kappa shape index (κ1) is 23.8. The topological polar surface area (TPSA) is 157 Å². The predicted octanol–water partition coefficient (Wildman–Crippen LogP) is 2.50. The zero-order valence-corrected chi connectivity index (χ0v) is 20.2. The normalized spacial score (nSPS) is 11.3. The van der Waals surface area contributed by atoms with Gasteiger partial charge in [-0.1, -0.05) is 6.07 Å². The second kappa shape index (κ2) is 9.61.